The number of carbonyl (C=O) groups is 1. The first-order chi connectivity index (χ1) is 9.89. The molecule has 1 N–H and O–H groups in total. The van der Waals surface area contributed by atoms with Crippen molar-refractivity contribution in [2.24, 2.45) is 16.4 Å². The van der Waals surface area contributed by atoms with Crippen LogP contribution in [0.3, 0.4) is 0 Å². The van der Waals surface area contributed by atoms with Crippen molar-refractivity contribution in [2.45, 2.75) is 46.5 Å². The van der Waals surface area contributed by atoms with Gasteiger partial charge in [-0.15, -0.1) is 0 Å². The highest BCUT2D eigenvalue weighted by molar-refractivity contribution is 9.10. The highest BCUT2D eigenvalue weighted by atomic mass is 79.9. The summed E-state index contributed by atoms with van der Waals surface area (Å²) in [6.45, 7) is 6.73. The van der Waals surface area contributed by atoms with Crippen molar-refractivity contribution < 1.29 is 4.79 Å². The second-order valence-electron chi connectivity index (χ2n) is 6.69. The number of hydrazone groups is 1. The predicted octanol–water partition coefficient (Wildman–Crippen LogP) is 4.77. The number of benzene rings is 1. The van der Waals surface area contributed by atoms with Crippen LogP contribution in [0, 0.1) is 11.3 Å². The van der Waals surface area contributed by atoms with Crippen LogP contribution >= 0.6 is 15.9 Å². The molecule has 1 aromatic carbocycles. The molecule has 0 aromatic heterocycles. The van der Waals surface area contributed by atoms with Gasteiger partial charge in [0.2, 0.25) is 0 Å². The van der Waals surface area contributed by atoms with Gasteiger partial charge in [-0.2, -0.15) is 5.10 Å². The van der Waals surface area contributed by atoms with Gasteiger partial charge < -0.3 is 0 Å². The van der Waals surface area contributed by atoms with Crippen LogP contribution in [0.4, 0.5) is 0 Å². The van der Waals surface area contributed by atoms with Crippen LogP contribution < -0.4 is 5.43 Å². The number of hydrogen-bond donors (Lipinski definition) is 1. The average Bonchev–Trinajstić information content (AvgIpc) is 2.44. The van der Waals surface area contributed by atoms with Gasteiger partial charge in [0.25, 0.3) is 5.91 Å². The second-order valence-corrected chi connectivity index (χ2v) is 7.54. The molecule has 2 rings (SSSR count). The number of hydrogen-bond acceptors (Lipinski definition) is 2. The molecule has 0 saturated heterocycles. The zero-order chi connectivity index (χ0) is 15.5. The minimum atomic E-state index is -0.159. The molecule has 0 aliphatic heterocycles. The first-order valence-corrected chi connectivity index (χ1v) is 8.30. The smallest absolute Gasteiger partial charge is 0.267 e. The van der Waals surface area contributed by atoms with Crippen LogP contribution in [0.15, 0.2) is 33.8 Å². The monoisotopic (exact) mass is 350 g/mol. The zero-order valence-corrected chi connectivity index (χ0v) is 14.5. The van der Waals surface area contributed by atoms with Crippen molar-refractivity contribution in [3.63, 3.8) is 0 Å². The number of nitrogens with one attached hydrogen (secondary N) is 1. The standard InChI is InChI=1S/C17H23BrN2O/c1-17(2,3)13-9-5-7-11-15(13)19-20-16(21)12-8-4-6-10-14(12)18/h4,6,8,10,13H,5,7,9,11H2,1-3H3,(H,20,21)/b19-15-/t13-/m1/s1. The van der Waals surface area contributed by atoms with E-state index in [2.05, 4.69) is 47.2 Å². The third-order valence-corrected chi connectivity index (χ3v) is 4.73. The predicted molar refractivity (Wildman–Crippen MR) is 90.5 cm³/mol. The lowest BCUT2D eigenvalue weighted by molar-refractivity contribution is 0.0953. The van der Waals surface area contributed by atoms with Gasteiger partial charge in [-0.1, -0.05) is 39.3 Å². The Morgan fingerprint density at radius 2 is 2.00 bits per heavy atom. The summed E-state index contributed by atoms with van der Waals surface area (Å²) < 4.78 is 0.790. The maximum atomic E-state index is 12.2. The highest BCUT2D eigenvalue weighted by Gasteiger charge is 2.31. The Morgan fingerprint density at radius 1 is 1.29 bits per heavy atom. The number of amides is 1. The normalized spacial score (nSPS) is 21.3. The van der Waals surface area contributed by atoms with Crippen LogP contribution in [0.5, 0.6) is 0 Å². The van der Waals surface area contributed by atoms with Crippen LogP contribution in [-0.4, -0.2) is 11.6 Å². The molecule has 0 bridgehead atoms. The topological polar surface area (TPSA) is 41.5 Å². The van der Waals surface area contributed by atoms with E-state index >= 15 is 0 Å². The Labute approximate surface area is 135 Å². The first kappa shape index (κ1) is 16.2. The van der Waals surface area contributed by atoms with Gasteiger partial charge in [0.1, 0.15) is 0 Å². The van der Waals surface area contributed by atoms with Gasteiger partial charge >= 0.3 is 0 Å². The summed E-state index contributed by atoms with van der Waals surface area (Å²) in [6.07, 6.45) is 4.56. The molecule has 21 heavy (non-hydrogen) atoms. The molecule has 1 fully saturated rings. The van der Waals surface area contributed by atoms with Crippen LogP contribution in [-0.2, 0) is 0 Å². The van der Waals surface area contributed by atoms with Crippen molar-refractivity contribution in [1.29, 1.82) is 0 Å². The maximum Gasteiger partial charge on any atom is 0.272 e. The molecule has 0 spiro atoms. The SMILES string of the molecule is CC(C)(C)[C@@H]1CCCC/C1=N/NC(=O)c1ccccc1Br. The van der Waals surface area contributed by atoms with E-state index in [4.69, 9.17) is 0 Å². The molecule has 114 valence electrons. The average molecular weight is 351 g/mol. The lowest BCUT2D eigenvalue weighted by atomic mass is 9.71. The minimum absolute atomic E-state index is 0.159. The Bertz CT molecular complexity index is 546. The van der Waals surface area contributed by atoms with Crippen molar-refractivity contribution >= 4 is 27.5 Å². The number of nitrogens with zero attached hydrogens (tertiary/aromatic N) is 1. The van der Waals surface area contributed by atoms with E-state index in [9.17, 15) is 4.79 Å². The Morgan fingerprint density at radius 3 is 2.67 bits per heavy atom. The van der Waals surface area contributed by atoms with E-state index < -0.39 is 0 Å². The minimum Gasteiger partial charge on any atom is -0.267 e. The van der Waals surface area contributed by atoms with E-state index in [1.165, 1.54) is 6.42 Å². The fourth-order valence-electron chi connectivity index (χ4n) is 2.89. The Kier molecular flexibility index (Phi) is 5.20. The quantitative estimate of drug-likeness (QED) is 0.766. The molecule has 0 unspecified atom stereocenters. The van der Waals surface area contributed by atoms with E-state index in [0.717, 1.165) is 29.4 Å². The van der Waals surface area contributed by atoms with Crippen LogP contribution in [0.25, 0.3) is 0 Å². The summed E-state index contributed by atoms with van der Waals surface area (Å²) in [5, 5.41) is 4.44. The van der Waals surface area contributed by atoms with Gasteiger partial charge in [-0.25, -0.2) is 5.43 Å². The van der Waals surface area contributed by atoms with Crippen LogP contribution in [0.2, 0.25) is 0 Å². The molecular formula is C17H23BrN2O. The summed E-state index contributed by atoms with van der Waals surface area (Å²) >= 11 is 3.40. The summed E-state index contributed by atoms with van der Waals surface area (Å²) in [6, 6.07) is 7.40. The molecule has 0 radical (unpaired) electrons. The fourth-order valence-corrected chi connectivity index (χ4v) is 3.36. The van der Waals surface area contributed by atoms with Gasteiger partial charge in [0, 0.05) is 16.1 Å². The maximum absolute atomic E-state index is 12.2. The Hall–Kier alpha value is -1.16. The van der Waals surface area contributed by atoms with Crippen LogP contribution in [0.1, 0.15) is 56.8 Å². The third kappa shape index (κ3) is 4.16. The van der Waals surface area contributed by atoms with Gasteiger partial charge in [0.05, 0.1) is 5.56 Å². The van der Waals surface area contributed by atoms with E-state index in [1.807, 2.05) is 18.2 Å². The van der Waals surface area contributed by atoms with Crippen molar-refractivity contribution in [1.82, 2.24) is 5.43 Å². The molecule has 1 amide bonds. The molecule has 0 heterocycles. The molecule has 1 atom stereocenters. The molecule has 4 heteroatoms. The number of carbonyl (C=O) groups excluding carboxylic acids is 1. The zero-order valence-electron chi connectivity index (χ0n) is 12.9. The van der Waals surface area contributed by atoms with Gasteiger partial charge in [-0.3, -0.25) is 4.79 Å². The summed E-state index contributed by atoms with van der Waals surface area (Å²) in [4.78, 5) is 12.2. The van der Waals surface area contributed by atoms with Crippen molar-refractivity contribution in [3.05, 3.63) is 34.3 Å². The highest BCUT2D eigenvalue weighted by Crippen LogP contribution is 2.36. The summed E-state index contributed by atoms with van der Waals surface area (Å²) in [5.41, 5.74) is 4.67. The summed E-state index contributed by atoms with van der Waals surface area (Å²) in [5.74, 6) is 0.291. The van der Waals surface area contributed by atoms with E-state index in [0.29, 0.717) is 11.5 Å². The Balaban J connectivity index is 2.12. The lowest BCUT2D eigenvalue weighted by Crippen LogP contribution is -2.33. The molecule has 1 saturated carbocycles. The molecule has 1 aliphatic rings. The molecule has 1 aliphatic carbocycles. The third-order valence-electron chi connectivity index (χ3n) is 4.04. The van der Waals surface area contributed by atoms with Crippen molar-refractivity contribution in [3.8, 4) is 0 Å². The largest absolute Gasteiger partial charge is 0.272 e. The number of rotatable bonds is 2. The van der Waals surface area contributed by atoms with Crippen molar-refractivity contribution in [2.75, 3.05) is 0 Å². The van der Waals surface area contributed by atoms with E-state index in [-0.39, 0.29) is 11.3 Å². The number of halogens is 1. The van der Waals surface area contributed by atoms with Gasteiger partial charge in [0.15, 0.2) is 0 Å². The molecule has 1 aromatic rings. The summed E-state index contributed by atoms with van der Waals surface area (Å²) in [7, 11) is 0. The lowest BCUT2D eigenvalue weighted by Gasteiger charge is -2.34. The van der Waals surface area contributed by atoms with Gasteiger partial charge in [-0.05, 0) is 52.7 Å². The molecule has 3 nitrogen and oxygen atoms in total. The first-order valence-electron chi connectivity index (χ1n) is 7.51. The second kappa shape index (κ2) is 6.73. The molecular weight excluding hydrogens is 328 g/mol. The van der Waals surface area contributed by atoms with E-state index in [1.54, 1.807) is 6.07 Å². The fraction of sp³-hybridized carbons (Fsp3) is 0.529.